The van der Waals surface area contributed by atoms with E-state index in [-0.39, 0.29) is 23.1 Å². The summed E-state index contributed by atoms with van der Waals surface area (Å²) in [5.74, 6) is -0.264. The Bertz CT molecular complexity index is 601. The molecule has 1 amide bonds. The van der Waals surface area contributed by atoms with Gasteiger partial charge in [-0.15, -0.1) is 0 Å². The molecule has 0 spiro atoms. The van der Waals surface area contributed by atoms with Crippen molar-refractivity contribution in [3.8, 4) is 0 Å². The Morgan fingerprint density at radius 2 is 1.77 bits per heavy atom. The number of hydrogen-bond donors (Lipinski definition) is 2. The van der Waals surface area contributed by atoms with Crippen molar-refractivity contribution in [3.05, 3.63) is 35.9 Å². The van der Waals surface area contributed by atoms with Crippen molar-refractivity contribution in [3.63, 3.8) is 0 Å². The first-order valence-corrected chi connectivity index (χ1v) is 12.6. The molecule has 1 fully saturated rings. The van der Waals surface area contributed by atoms with Crippen LogP contribution in [0.25, 0.3) is 0 Å². The van der Waals surface area contributed by atoms with Gasteiger partial charge in [0.2, 0.25) is 0 Å². The summed E-state index contributed by atoms with van der Waals surface area (Å²) >= 11 is 0. The molecule has 26 heavy (non-hydrogen) atoms. The number of carbonyl (C=O) groups is 1. The van der Waals surface area contributed by atoms with Crippen molar-refractivity contribution in [1.29, 1.82) is 0 Å². The summed E-state index contributed by atoms with van der Waals surface area (Å²) in [6.45, 7) is 13.2. The van der Waals surface area contributed by atoms with Gasteiger partial charge >= 0.3 is 0 Å². The lowest BCUT2D eigenvalue weighted by Crippen LogP contribution is -2.52. The standard InChI is InChI=1S/C21H35NO3Si/c1-16(17-10-8-7-9-11-17)22-19(23)21(24)14-12-18(13-15-21)25-26(5,6)20(2,3)4/h7-11,16,18,24H,12-15H2,1-6H3,(H,22,23)/t16?,18-,21+. The first-order valence-electron chi connectivity index (χ1n) is 9.71. The van der Waals surface area contributed by atoms with E-state index in [0.29, 0.717) is 12.8 Å². The molecular weight excluding hydrogens is 342 g/mol. The third-order valence-electron chi connectivity index (χ3n) is 6.10. The van der Waals surface area contributed by atoms with Crippen molar-refractivity contribution in [2.45, 2.75) is 89.3 Å². The minimum absolute atomic E-state index is 0.117. The predicted molar refractivity (Wildman–Crippen MR) is 108 cm³/mol. The van der Waals surface area contributed by atoms with Gasteiger partial charge in [0.1, 0.15) is 5.60 Å². The van der Waals surface area contributed by atoms with E-state index in [2.05, 4.69) is 39.2 Å². The summed E-state index contributed by atoms with van der Waals surface area (Å²) < 4.78 is 6.46. The zero-order valence-electron chi connectivity index (χ0n) is 17.1. The maximum Gasteiger partial charge on any atom is 0.252 e. The van der Waals surface area contributed by atoms with Gasteiger partial charge in [-0.1, -0.05) is 51.1 Å². The average molecular weight is 378 g/mol. The van der Waals surface area contributed by atoms with Gasteiger partial charge in [-0.25, -0.2) is 0 Å². The lowest BCUT2D eigenvalue weighted by Gasteiger charge is -2.42. The van der Waals surface area contributed by atoms with E-state index < -0.39 is 13.9 Å². The van der Waals surface area contributed by atoms with Crippen molar-refractivity contribution < 1.29 is 14.3 Å². The molecule has 0 saturated heterocycles. The van der Waals surface area contributed by atoms with E-state index in [9.17, 15) is 9.90 Å². The summed E-state index contributed by atoms with van der Waals surface area (Å²) in [5, 5.41) is 14.0. The Kier molecular flexibility index (Phi) is 6.36. The van der Waals surface area contributed by atoms with E-state index >= 15 is 0 Å². The van der Waals surface area contributed by atoms with Crippen molar-refractivity contribution in [1.82, 2.24) is 5.32 Å². The van der Waals surface area contributed by atoms with Crippen LogP contribution >= 0.6 is 0 Å². The summed E-state index contributed by atoms with van der Waals surface area (Å²) in [6.07, 6.45) is 2.53. The fourth-order valence-corrected chi connectivity index (χ4v) is 4.59. The van der Waals surface area contributed by atoms with Crippen LogP contribution in [0.2, 0.25) is 18.1 Å². The highest BCUT2D eigenvalue weighted by atomic mass is 28.4. The molecule has 0 radical (unpaired) electrons. The van der Waals surface area contributed by atoms with Crippen LogP contribution in [0.15, 0.2) is 30.3 Å². The highest BCUT2D eigenvalue weighted by Gasteiger charge is 2.44. The Morgan fingerprint density at radius 3 is 2.27 bits per heavy atom. The molecule has 0 bridgehead atoms. The zero-order chi connectivity index (χ0) is 19.6. The molecule has 146 valence electrons. The molecular formula is C21H35NO3Si. The maximum absolute atomic E-state index is 12.7. The van der Waals surface area contributed by atoms with E-state index in [1.807, 2.05) is 37.3 Å². The molecule has 0 aromatic heterocycles. The molecule has 1 saturated carbocycles. The molecule has 2 rings (SSSR count). The summed E-state index contributed by atoms with van der Waals surface area (Å²) in [4.78, 5) is 12.7. The smallest absolute Gasteiger partial charge is 0.252 e. The van der Waals surface area contributed by atoms with Gasteiger partial charge in [0, 0.05) is 6.10 Å². The number of carbonyl (C=O) groups excluding carboxylic acids is 1. The monoisotopic (exact) mass is 377 g/mol. The zero-order valence-corrected chi connectivity index (χ0v) is 18.1. The molecule has 0 aliphatic heterocycles. The van der Waals surface area contributed by atoms with Crippen molar-refractivity contribution in [2.75, 3.05) is 0 Å². The molecule has 5 heteroatoms. The van der Waals surface area contributed by atoms with Crippen LogP contribution in [0.5, 0.6) is 0 Å². The van der Waals surface area contributed by atoms with Crippen LogP contribution in [-0.2, 0) is 9.22 Å². The predicted octanol–water partition coefficient (Wildman–Crippen LogP) is 4.56. The average Bonchev–Trinajstić information content (AvgIpc) is 2.56. The molecule has 1 unspecified atom stereocenters. The van der Waals surface area contributed by atoms with Gasteiger partial charge in [-0.2, -0.15) is 0 Å². The molecule has 0 heterocycles. The van der Waals surface area contributed by atoms with Crippen LogP contribution in [0, 0.1) is 0 Å². The van der Waals surface area contributed by atoms with Crippen LogP contribution in [0.3, 0.4) is 0 Å². The highest BCUT2D eigenvalue weighted by molar-refractivity contribution is 6.74. The number of hydrogen-bond acceptors (Lipinski definition) is 3. The van der Waals surface area contributed by atoms with E-state index in [1.165, 1.54) is 0 Å². The molecule has 4 nitrogen and oxygen atoms in total. The Labute approximate surface area is 159 Å². The minimum Gasteiger partial charge on any atom is -0.414 e. The van der Waals surface area contributed by atoms with Crippen LogP contribution in [0.4, 0.5) is 0 Å². The van der Waals surface area contributed by atoms with E-state index in [0.717, 1.165) is 18.4 Å². The van der Waals surface area contributed by atoms with Crippen LogP contribution in [-0.4, -0.2) is 31.0 Å². The van der Waals surface area contributed by atoms with Gasteiger partial charge in [0.15, 0.2) is 8.32 Å². The fourth-order valence-electron chi connectivity index (χ4n) is 3.16. The maximum atomic E-state index is 12.7. The highest BCUT2D eigenvalue weighted by Crippen LogP contribution is 2.40. The molecule has 1 aliphatic carbocycles. The number of amides is 1. The van der Waals surface area contributed by atoms with Crippen LogP contribution in [0.1, 0.15) is 65.0 Å². The van der Waals surface area contributed by atoms with Gasteiger partial charge in [0.05, 0.1) is 6.04 Å². The van der Waals surface area contributed by atoms with E-state index in [4.69, 9.17) is 4.43 Å². The SMILES string of the molecule is CC(NC(=O)[C@]1(O)CC[C@@H](O[Si](C)(C)C(C)(C)C)CC1)c1ccccc1. The Morgan fingerprint density at radius 1 is 1.23 bits per heavy atom. The number of aliphatic hydroxyl groups is 1. The van der Waals surface area contributed by atoms with Gasteiger partial charge < -0.3 is 14.8 Å². The molecule has 1 aliphatic rings. The van der Waals surface area contributed by atoms with Crippen LogP contribution < -0.4 is 5.32 Å². The first-order chi connectivity index (χ1) is 11.9. The Balaban J connectivity index is 1.91. The molecule has 1 atom stereocenters. The minimum atomic E-state index is -1.82. The second-order valence-corrected chi connectivity index (χ2v) is 14.0. The molecule has 2 N–H and O–H groups in total. The molecule has 1 aromatic rings. The summed E-state index contributed by atoms with van der Waals surface area (Å²) in [7, 11) is -1.82. The van der Waals surface area contributed by atoms with E-state index in [1.54, 1.807) is 0 Å². The first kappa shape index (κ1) is 21.1. The second kappa shape index (κ2) is 7.83. The van der Waals surface area contributed by atoms with Gasteiger partial charge in [0.25, 0.3) is 5.91 Å². The number of rotatable bonds is 5. The normalized spacial score (nSPS) is 25.6. The quantitative estimate of drug-likeness (QED) is 0.740. The summed E-state index contributed by atoms with van der Waals surface area (Å²) in [6, 6.07) is 9.72. The van der Waals surface area contributed by atoms with Crippen molar-refractivity contribution in [2.24, 2.45) is 0 Å². The lowest BCUT2D eigenvalue weighted by molar-refractivity contribution is -0.145. The van der Waals surface area contributed by atoms with Crippen molar-refractivity contribution >= 4 is 14.2 Å². The Hall–Kier alpha value is -1.17. The van der Waals surface area contributed by atoms with Gasteiger partial charge in [-0.05, 0) is 56.3 Å². The number of nitrogens with one attached hydrogen (secondary N) is 1. The third-order valence-corrected chi connectivity index (χ3v) is 10.6. The second-order valence-electron chi connectivity index (χ2n) is 9.21. The number of benzene rings is 1. The fraction of sp³-hybridized carbons (Fsp3) is 0.667. The largest absolute Gasteiger partial charge is 0.414 e. The third kappa shape index (κ3) is 4.96. The lowest BCUT2D eigenvalue weighted by atomic mass is 9.82. The molecule has 1 aromatic carbocycles. The summed E-state index contributed by atoms with van der Waals surface area (Å²) in [5.41, 5.74) is -0.240. The van der Waals surface area contributed by atoms with Gasteiger partial charge in [-0.3, -0.25) is 4.79 Å². The topological polar surface area (TPSA) is 58.6 Å².